The molecular formula is C15H23N3O2Si. The molecule has 3 N–H and O–H groups in total. The third-order valence-electron chi connectivity index (χ3n) is 3.20. The summed E-state index contributed by atoms with van der Waals surface area (Å²) in [6.07, 6.45) is 0.437. The minimum atomic E-state index is -1.79. The van der Waals surface area contributed by atoms with Crippen molar-refractivity contribution in [3.05, 3.63) is 18.2 Å². The van der Waals surface area contributed by atoms with Crippen LogP contribution in [0.1, 0.15) is 13.3 Å². The normalized spacial score (nSPS) is 20.4. The number of nitriles is 1. The number of ether oxygens (including phenoxy) is 1. The van der Waals surface area contributed by atoms with E-state index in [1.165, 1.54) is 0 Å². The van der Waals surface area contributed by atoms with Gasteiger partial charge in [0, 0.05) is 12.1 Å². The van der Waals surface area contributed by atoms with Gasteiger partial charge in [0.1, 0.15) is 17.5 Å². The van der Waals surface area contributed by atoms with E-state index in [9.17, 15) is 5.26 Å². The van der Waals surface area contributed by atoms with Gasteiger partial charge >= 0.3 is 0 Å². The molecule has 114 valence electrons. The van der Waals surface area contributed by atoms with E-state index in [0.717, 1.165) is 11.4 Å². The lowest BCUT2D eigenvalue weighted by Gasteiger charge is -2.35. The van der Waals surface area contributed by atoms with Crippen LogP contribution in [-0.4, -0.2) is 26.6 Å². The average Bonchev–Trinajstić information content (AvgIpc) is 2.37. The SMILES string of the molecule is CC(C#N)(C[C@H]1CNc2cc(N)ccc2O1)O[Si](C)(C)C. The summed E-state index contributed by atoms with van der Waals surface area (Å²) in [5.74, 6) is 0.772. The second-order valence-electron chi connectivity index (χ2n) is 6.64. The molecule has 6 heteroatoms. The van der Waals surface area contributed by atoms with Crippen LogP contribution in [0.4, 0.5) is 11.4 Å². The first-order valence-electron chi connectivity index (χ1n) is 7.12. The lowest BCUT2D eigenvalue weighted by atomic mass is 9.99. The molecule has 2 rings (SSSR count). The molecule has 0 saturated carbocycles. The quantitative estimate of drug-likeness (QED) is 0.660. The van der Waals surface area contributed by atoms with E-state index in [0.29, 0.717) is 18.7 Å². The minimum absolute atomic E-state index is 0.0953. The number of nitrogens with two attached hydrogens (primary N) is 1. The Kier molecular flexibility index (Phi) is 4.17. The van der Waals surface area contributed by atoms with Crippen LogP contribution in [0.2, 0.25) is 19.6 Å². The van der Waals surface area contributed by atoms with E-state index in [1.807, 2.05) is 25.1 Å². The molecule has 5 nitrogen and oxygen atoms in total. The fraction of sp³-hybridized carbons (Fsp3) is 0.533. The van der Waals surface area contributed by atoms with Gasteiger partial charge in [-0.05, 0) is 44.8 Å². The van der Waals surface area contributed by atoms with Crippen molar-refractivity contribution in [2.24, 2.45) is 0 Å². The zero-order chi connectivity index (χ0) is 15.7. The predicted molar refractivity (Wildman–Crippen MR) is 86.8 cm³/mol. The van der Waals surface area contributed by atoms with Crippen molar-refractivity contribution in [2.45, 2.75) is 44.7 Å². The molecule has 0 fully saturated rings. The molecule has 1 aromatic rings. The maximum absolute atomic E-state index is 9.47. The second-order valence-corrected chi connectivity index (χ2v) is 11.1. The Morgan fingerprint density at radius 3 is 2.86 bits per heavy atom. The van der Waals surface area contributed by atoms with Crippen LogP contribution in [0.15, 0.2) is 18.2 Å². The lowest BCUT2D eigenvalue weighted by molar-refractivity contribution is 0.0725. The zero-order valence-electron chi connectivity index (χ0n) is 13.1. The van der Waals surface area contributed by atoms with Crippen LogP contribution in [-0.2, 0) is 4.43 Å². The van der Waals surface area contributed by atoms with E-state index >= 15 is 0 Å². The van der Waals surface area contributed by atoms with Gasteiger partial charge in [-0.25, -0.2) is 0 Å². The van der Waals surface area contributed by atoms with Gasteiger partial charge in [-0.3, -0.25) is 0 Å². The molecule has 0 spiro atoms. The molecular weight excluding hydrogens is 282 g/mol. The molecule has 1 aromatic carbocycles. The molecule has 1 heterocycles. The lowest BCUT2D eigenvalue weighted by Crippen LogP contribution is -2.45. The molecule has 0 radical (unpaired) electrons. The monoisotopic (exact) mass is 305 g/mol. The maximum atomic E-state index is 9.47. The van der Waals surface area contributed by atoms with Crippen LogP contribution in [0, 0.1) is 11.3 Å². The highest BCUT2D eigenvalue weighted by Gasteiger charge is 2.36. The minimum Gasteiger partial charge on any atom is -0.486 e. The van der Waals surface area contributed by atoms with Crippen molar-refractivity contribution >= 4 is 19.7 Å². The summed E-state index contributed by atoms with van der Waals surface area (Å²) in [7, 11) is -1.79. The Balaban J connectivity index is 2.08. The number of anilines is 2. The van der Waals surface area contributed by atoms with Crippen LogP contribution < -0.4 is 15.8 Å². The highest BCUT2D eigenvalue weighted by molar-refractivity contribution is 6.69. The molecule has 1 unspecified atom stereocenters. The summed E-state index contributed by atoms with van der Waals surface area (Å²) in [6, 6.07) is 7.82. The summed E-state index contributed by atoms with van der Waals surface area (Å²) in [6.45, 7) is 8.73. The highest BCUT2D eigenvalue weighted by Crippen LogP contribution is 2.33. The topological polar surface area (TPSA) is 80.3 Å². The van der Waals surface area contributed by atoms with Crippen molar-refractivity contribution in [2.75, 3.05) is 17.6 Å². The molecule has 2 atom stereocenters. The van der Waals surface area contributed by atoms with E-state index in [1.54, 1.807) is 0 Å². The van der Waals surface area contributed by atoms with Gasteiger partial charge < -0.3 is 20.2 Å². The van der Waals surface area contributed by atoms with E-state index in [4.69, 9.17) is 14.9 Å². The summed E-state index contributed by atoms with van der Waals surface area (Å²) < 4.78 is 12.0. The Labute approximate surface area is 127 Å². The molecule has 1 aliphatic rings. The fourth-order valence-corrected chi connectivity index (χ4v) is 4.05. The van der Waals surface area contributed by atoms with Gasteiger partial charge in [0.05, 0.1) is 18.3 Å². The van der Waals surface area contributed by atoms with Gasteiger partial charge in [0.15, 0.2) is 8.32 Å². The summed E-state index contributed by atoms with van der Waals surface area (Å²) in [4.78, 5) is 0. The molecule has 0 aliphatic carbocycles. The number of nitrogen functional groups attached to an aromatic ring is 1. The smallest absolute Gasteiger partial charge is 0.185 e. The average molecular weight is 305 g/mol. The van der Waals surface area contributed by atoms with Gasteiger partial charge in [0.2, 0.25) is 0 Å². The van der Waals surface area contributed by atoms with Crippen molar-refractivity contribution in [1.29, 1.82) is 5.26 Å². The molecule has 1 aliphatic heterocycles. The first-order valence-corrected chi connectivity index (χ1v) is 10.5. The number of hydrogen-bond acceptors (Lipinski definition) is 5. The first kappa shape index (κ1) is 15.7. The highest BCUT2D eigenvalue weighted by atomic mass is 28.4. The molecule has 0 aromatic heterocycles. The van der Waals surface area contributed by atoms with Crippen LogP contribution in [0.25, 0.3) is 0 Å². The number of fused-ring (bicyclic) bond motifs is 1. The predicted octanol–water partition coefficient (Wildman–Crippen LogP) is 2.97. The Morgan fingerprint density at radius 2 is 2.24 bits per heavy atom. The van der Waals surface area contributed by atoms with Gasteiger partial charge in [-0.2, -0.15) is 5.26 Å². The largest absolute Gasteiger partial charge is 0.486 e. The van der Waals surface area contributed by atoms with Gasteiger partial charge in [-0.1, -0.05) is 0 Å². The van der Waals surface area contributed by atoms with Crippen molar-refractivity contribution in [1.82, 2.24) is 0 Å². The van der Waals surface area contributed by atoms with E-state index in [-0.39, 0.29) is 6.10 Å². The molecule has 21 heavy (non-hydrogen) atoms. The van der Waals surface area contributed by atoms with Crippen LogP contribution in [0.5, 0.6) is 5.75 Å². The molecule has 0 saturated heterocycles. The first-order chi connectivity index (χ1) is 9.71. The standard InChI is InChI=1S/C15H23N3O2Si/c1-15(10-16,20-21(2,3)4)8-12-9-18-13-7-11(17)5-6-14(13)19-12/h5-7,12,18H,8-9,17H2,1-4H3/t12-,15?/m0/s1. The van der Waals surface area contributed by atoms with E-state index in [2.05, 4.69) is 31.0 Å². The molecule has 0 bridgehead atoms. The fourth-order valence-electron chi connectivity index (χ4n) is 2.57. The van der Waals surface area contributed by atoms with Gasteiger partial charge in [-0.15, -0.1) is 0 Å². The Hall–Kier alpha value is -1.71. The summed E-state index contributed by atoms with van der Waals surface area (Å²) in [5, 5.41) is 12.8. The molecule has 0 amide bonds. The number of hydrogen-bond donors (Lipinski definition) is 2. The van der Waals surface area contributed by atoms with Crippen LogP contribution >= 0.6 is 0 Å². The third-order valence-corrected chi connectivity index (χ3v) is 4.27. The zero-order valence-corrected chi connectivity index (χ0v) is 14.1. The number of rotatable bonds is 4. The number of nitrogens with zero attached hydrogens (tertiary/aromatic N) is 1. The van der Waals surface area contributed by atoms with Crippen molar-refractivity contribution in [3.63, 3.8) is 0 Å². The Morgan fingerprint density at radius 1 is 1.52 bits per heavy atom. The summed E-state index contributed by atoms with van der Waals surface area (Å²) in [5.41, 5.74) is 6.54. The van der Waals surface area contributed by atoms with Gasteiger partial charge in [0.25, 0.3) is 0 Å². The Bertz CT molecular complexity index is 565. The summed E-state index contributed by atoms with van der Waals surface area (Å²) >= 11 is 0. The van der Waals surface area contributed by atoms with E-state index < -0.39 is 13.9 Å². The number of benzene rings is 1. The van der Waals surface area contributed by atoms with Crippen molar-refractivity contribution in [3.8, 4) is 11.8 Å². The third kappa shape index (κ3) is 4.13. The van der Waals surface area contributed by atoms with Crippen LogP contribution in [0.3, 0.4) is 0 Å². The van der Waals surface area contributed by atoms with Crippen molar-refractivity contribution < 1.29 is 9.16 Å². The maximum Gasteiger partial charge on any atom is 0.185 e. The second kappa shape index (κ2) is 5.58. The number of nitrogens with one attached hydrogen (secondary N) is 1.